The van der Waals surface area contributed by atoms with Crippen LogP contribution in [-0.4, -0.2) is 43.0 Å². The molecule has 1 atom stereocenters. The molecule has 0 aromatic rings. The number of alkyl halides is 2. The summed E-state index contributed by atoms with van der Waals surface area (Å²) in [6, 6.07) is 0.551. The maximum atomic E-state index is 13.4. The van der Waals surface area contributed by atoms with E-state index in [0.717, 1.165) is 45.3 Å². The minimum absolute atomic E-state index is 0. The molecule has 0 aromatic heterocycles. The summed E-state index contributed by atoms with van der Waals surface area (Å²) < 4.78 is 26.7. The van der Waals surface area contributed by atoms with Gasteiger partial charge < -0.3 is 5.32 Å². The van der Waals surface area contributed by atoms with E-state index in [9.17, 15) is 8.78 Å². The predicted octanol–water partition coefficient (Wildman–Crippen LogP) is 2.70. The first-order chi connectivity index (χ1) is 7.63. The van der Waals surface area contributed by atoms with Crippen molar-refractivity contribution >= 4 is 24.8 Å². The van der Waals surface area contributed by atoms with Gasteiger partial charge in [-0.2, -0.15) is 0 Å². The predicted molar refractivity (Wildman–Crippen MR) is 73.2 cm³/mol. The number of hydrogen-bond donors (Lipinski definition) is 1. The molecular formula is C12H22Cl2F2N2. The Kier molecular flexibility index (Phi) is 5.27. The highest BCUT2D eigenvalue weighted by Crippen LogP contribution is 2.64. The molecule has 1 unspecified atom stereocenters. The molecule has 0 radical (unpaired) electrons. The third kappa shape index (κ3) is 2.77. The van der Waals surface area contributed by atoms with Crippen LogP contribution in [0.25, 0.3) is 0 Å². The van der Waals surface area contributed by atoms with E-state index in [1.54, 1.807) is 0 Å². The molecule has 2 saturated heterocycles. The summed E-state index contributed by atoms with van der Waals surface area (Å²) in [7, 11) is 0. The zero-order valence-corrected chi connectivity index (χ0v) is 12.1. The number of likely N-dealkylation sites (tertiary alicyclic amines) is 1. The van der Waals surface area contributed by atoms with E-state index in [-0.39, 0.29) is 31.2 Å². The second-order valence-electron chi connectivity index (χ2n) is 5.72. The van der Waals surface area contributed by atoms with Gasteiger partial charge in [0.1, 0.15) is 0 Å². The third-order valence-electron chi connectivity index (χ3n) is 4.64. The van der Waals surface area contributed by atoms with Gasteiger partial charge in [-0.1, -0.05) is 0 Å². The molecule has 1 aliphatic carbocycles. The average Bonchev–Trinajstić information content (AvgIpc) is 2.80. The van der Waals surface area contributed by atoms with Gasteiger partial charge in [0.2, 0.25) is 0 Å². The van der Waals surface area contributed by atoms with Crippen molar-refractivity contribution in [1.29, 1.82) is 0 Å². The Balaban J connectivity index is 0.000000810. The number of halogens is 4. The summed E-state index contributed by atoms with van der Waals surface area (Å²) in [5, 5.41) is 3.33. The SMILES string of the molecule is Cl.Cl.FC1(F)CC12CCCN(C1CCNCC1)C2. The van der Waals surface area contributed by atoms with Gasteiger partial charge in [0.05, 0.1) is 5.41 Å². The third-order valence-corrected chi connectivity index (χ3v) is 4.64. The van der Waals surface area contributed by atoms with E-state index in [0.29, 0.717) is 12.6 Å². The zero-order chi connectivity index (χ0) is 11.2. The van der Waals surface area contributed by atoms with Crippen molar-refractivity contribution in [3.05, 3.63) is 0 Å². The molecule has 2 heterocycles. The first kappa shape index (κ1) is 16.4. The molecule has 3 fully saturated rings. The highest BCUT2D eigenvalue weighted by molar-refractivity contribution is 5.85. The molecule has 0 amide bonds. The Morgan fingerprint density at radius 2 is 1.72 bits per heavy atom. The summed E-state index contributed by atoms with van der Waals surface area (Å²) in [4.78, 5) is 2.34. The molecule has 2 nitrogen and oxygen atoms in total. The molecular weight excluding hydrogens is 281 g/mol. The van der Waals surface area contributed by atoms with Crippen molar-refractivity contribution in [1.82, 2.24) is 10.2 Å². The average molecular weight is 303 g/mol. The lowest BCUT2D eigenvalue weighted by atomic mass is 9.91. The van der Waals surface area contributed by atoms with E-state index in [1.165, 1.54) is 0 Å². The molecule has 1 spiro atoms. The van der Waals surface area contributed by atoms with Crippen molar-refractivity contribution in [3.8, 4) is 0 Å². The molecule has 3 rings (SSSR count). The van der Waals surface area contributed by atoms with Crippen molar-refractivity contribution in [2.24, 2.45) is 5.41 Å². The summed E-state index contributed by atoms with van der Waals surface area (Å²) in [6.07, 6.45) is 4.09. The van der Waals surface area contributed by atoms with Gasteiger partial charge in [-0.05, 0) is 45.3 Å². The lowest BCUT2D eigenvalue weighted by Gasteiger charge is -2.40. The van der Waals surface area contributed by atoms with E-state index >= 15 is 0 Å². The van der Waals surface area contributed by atoms with Gasteiger partial charge in [0.15, 0.2) is 0 Å². The minimum Gasteiger partial charge on any atom is -0.317 e. The van der Waals surface area contributed by atoms with Gasteiger partial charge >= 0.3 is 0 Å². The fraction of sp³-hybridized carbons (Fsp3) is 1.00. The summed E-state index contributed by atoms with van der Waals surface area (Å²) in [5.74, 6) is -2.36. The van der Waals surface area contributed by atoms with Crippen LogP contribution in [0.2, 0.25) is 0 Å². The lowest BCUT2D eigenvalue weighted by Crippen LogP contribution is -2.48. The molecule has 0 bridgehead atoms. The van der Waals surface area contributed by atoms with Crippen LogP contribution in [0.15, 0.2) is 0 Å². The first-order valence-electron chi connectivity index (χ1n) is 6.46. The topological polar surface area (TPSA) is 15.3 Å². The van der Waals surface area contributed by atoms with Crippen LogP contribution in [0, 0.1) is 5.41 Å². The van der Waals surface area contributed by atoms with Crippen LogP contribution in [0.4, 0.5) is 8.78 Å². The van der Waals surface area contributed by atoms with E-state index in [1.807, 2.05) is 0 Å². The molecule has 1 saturated carbocycles. The highest BCUT2D eigenvalue weighted by atomic mass is 35.5. The normalized spacial score (nSPS) is 35.7. The van der Waals surface area contributed by atoms with Crippen LogP contribution < -0.4 is 5.32 Å². The Morgan fingerprint density at radius 3 is 2.28 bits per heavy atom. The minimum atomic E-state index is -2.36. The van der Waals surface area contributed by atoms with Gasteiger partial charge in [-0.3, -0.25) is 4.90 Å². The van der Waals surface area contributed by atoms with Crippen molar-refractivity contribution in [2.75, 3.05) is 26.2 Å². The van der Waals surface area contributed by atoms with Gasteiger partial charge in [0, 0.05) is 19.0 Å². The molecule has 6 heteroatoms. The lowest BCUT2D eigenvalue weighted by molar-refractivity contribution is 0.00831. The molecule has 3 aliphatic rings. The summed E-state index contributed by atoms with van der Waals surface area (Å²) in [5.41, 5.74) is -0.629. The monoisotopic (exact) mass is 302 g/mol. The van der Waals surface area contributed by atoms with Crippen molar-refractivity contribution < 1.29 is 8.78 Å². The van der Waals surface area contributed by atoms with Gasteiger partial charge in [0.25, 0.3) is 5.92 Å². The van der Waals surface area contributed by atoms with E-state index in [2.05, 4.69) is 10.2 Å². The maximum absolute atomic E-state index is 13.4. The number of nitrogens with zero attached hydrogens (tertiary/aromatic N) is 1. The number of piperidine rings is 2. The quantitative estimate of drug-likeness (QED) is 0.801. The fourth-order valence-corrected chi connectivity index (χ4v) is 3.47. The van der Waals surface area contributed by atoms with Crippen LogP contribution >= 0.6 is 24.8 Å². The van der Waals surface area contributed by atoms with Crippen LogP contribution in [0.3, 0.4) is 0 Å². The van der Waals surface area contributed by atoms with Crippen LogP contribution in [0.5, 0.6) is 0 Å². The van der Waals surface area contributed by atoms with Gasteiger partial charge in [-0.25, -0.2) is 8.78 Å². The van der Waals surface area contributed by atoms with Crippen LogP contribution in [-0.2, 0) is 0 Å². The van der Waals surface area contributed by atoms with E-state index < -0.39 is 11.3 Å². The fourth-order valence-electron chi connectivity index (χ4n) is 3.47. The standard InChI is InChI=1S/C12H20F2N2.2ClH/c13-12(14)8-11(12)4-1-7-16(9-11)10-2-5-15-6-3-10;;/h10,15H,1-9H2;2*1H. The zero-order valence-electron chi connectivity index (χ0n) is 10.5. The van der Waals surface area contributed by atoms with E-state index in [4.69, 9.17) is 0 Å². The second kappa shape index (κ2) is 5.78. The second-order valence-corrected chi connectivity index (χ2v) is 5.72. The summed E-state index contributed by atoms with van der Waals surface area (Å²) in [6.45, 7) is 3.77. The molecule has 0 aromatic carbocycles. The largest absolute Gasteiger partial charge is 0.317 e. The Labute approximate surface area is 120 Å². The smallest absolute Gasteiger partial charge is 0.255 e. The maximum Gasteiger partial charge on any atom is 0.255 e. The van der Waals surface area contributed by atoms with Crippen molar-refractivity contribution in [3.63, 3.8) is 0 Å². The molecule has 18 heavy (non-hydrogen) atoms. The van der Waals surface area contributed by atoms with Gasteiger partial charge in [-0.15, -0.1) is 24.8 Å². The number of hydrogen-bond acceptors (Lipinski definition) is 2. The first-order valence-corrected chi connectivity index (χ1v) is 6.46. The number of nitrogens with one attached hydrogen (secondary N) is 1. The Bertz CT molecular complexity index is 285. The number of rotatable bonds is 1. The van der Waals surface area contributed by atoms with Crippen LogP contribution in [0.1, 0.15) is 32.1 Å². The van der Waals surface area contributed by atoms with Crippen molar-refractivity contribution in [2.45, 2.75) is 44.1 Å². The molecule has 1 N–H and O–H groups in total. The Hall–Kier alpha value is 0.360. The molecule has 2 aliphatic heterocycles. The highest BCUT2D eigenvalue weighted by Gasteiger charge is 2.71. The Morgan fingerprint density at radius 1 is 1.11 bits per heavy atom. The summed E-state index contributed by atoms with van der Waals surface area (Å²) >= 11 is 0. The molecule has 108 valence electrons.